The third kappa shape index (κ3) is 3.49. The molecule has 1 aliphatic rings. The van der Waals surface area contributed by atoms with Gasteiger partial charge in [0.1, 0.15) is 17.2 Å². The van der Waals surface area contributed by atoms with Gasteiger partial charge in [0.25, 0.3) is 5.91 Å². The van der Waals surface area contributed by atoms with Gasteiger partial charge in [-0.2, -0.15) is 0 Å². The third-order valence-electron chi connectivity index (χ3n) is 4.34. The molecule has 26 heavy (non-hydrogen) atoms. The molecule has 0 fully saturated rings. The van der Waals surface area contributed by atoms with Gasteiger partial charge in [0, 0.05) is 13.1 Å². The number of fused-ring (bicyclic) bond motifs is 1. The predicted molar refractivity (Wildman–Crippen MR) is 93.6 cm³/mol. The van der Waals surface area contributed by atoms with Crippen molar-refractivity contribution in [2.75, 3.05) is 19.8 Å². The molecule has 0 atom stereocenters. The minimum atomic E-state index is -0.845. The number of benzene rings is 2. The molecule has 2 aromatic carbocycles. The van der Waals surface area contributed by atoms with Gasteiger partial charge in [0.15, 0.2) is 11.5 Å². The first-order chi connectivity index (χ1) is 12.5. The Morgan fingerprint density at radius 2 is 1.62 bits per heavy atom. The molecule has 0 saturated heterocycles. The largest absolute Gasteiger partial charge is 0.490 e. The maximum atomic E-state index is 13.9. The van der Waals surface area contributed by atoms with Crippen LogP contribution < -0.4 is 9.47 Å². The van der Waals surface area contributed by atoms with E-state index in [0.717, 1.165) is 23.3 Å². The highest BCUT2D eigenvalue weighted by atomic mass is 19.1. The molecule has 0 N–H and O–H groups in total. The van der Waals surface area contributed by atoms with Crippen LogP contribution in [-0.2, 0) is 13.0 Å². The lowest BCUT2D eigenvalue weighted by molar-refractivity contribution is 0.0724. The number of carbonyl (C=O) groups excluding carboxylic acids is 1. The van der Waals surface area contributed by atoms with Crippen molar-refractivity contribution in [1.29, 1.82) is 0 Å². The van der Waals surface area contributed by atoms with Crippen molar-refractivity contribution in [2.24, 2.45) is 0 Å². The number of rotatable bonds is 5. The van der Waals surface area contributed by atoms with E-state index in [1.807, 2.05) is 26.0 Å². The lowest BCUT2D eigenvalue weighted by atomic mass is 9.98. The normalized spacial score (nSPS) is 13.3. The molecular formula is C20H21F2NO3. The van der Waals surface area contributed by atoms with Crippen LogP contribution in [0.2, 0.25) is 0 Å². The number of nitrogens with zero attached hydrogens (tertiary/aromatic N) is 1. The summed E-state index contributed by atoms with van der Waals surface area (Å²) in [5.41, 5.74) is 1.44. The fourth-order valence-electron chi connectivity index (χ4n) is 3.13. The zero-order chi connectivity index (χ0) is 18.7. The molecule has 1 amide bonds. The van der Waals surface area contributed by atoms with Gasteiger partial charge in [-0.05, 0) is 55.7 Å². The summed E-state index contributed by atoms with van der Waals surface area (Å²) in [6.45, 7) is 5.45. The van der Waals surface area contributed by atoms with E-state index in [1.54, 1.807) is 0 Å². The monoisotopic (exact) mass is 361 g/mol. The topological polar surface area (TPSA) is 38.8 Å². The molecule has 1 heterocycles. The SMILES string of the molecule is CCOc1cc2c(cc1OCC)CN(C(=O)c1c(F)cccc1F)CC2. The second kappa shape index (κ2) is 7.72. The minimum absolute atomic E-state index is 0.272. The Balaban J connectivity index is 1.89. The van der Waals surface area contributed by atoms with Crippen molar-refractivity contribution >= 4 is 5.91 Å². The van der Waals surface area contributed by atoms with Crippen LogP contribution in [0.15, 0.2) is 30.3 Å². The molecule has 0 unspecified atom stereocenters. The second-order valence-electron chi connectivity index (χ2n) is 6.01. The van der Waals surface area contributed by atoms with Crippen LogP contribution in [-0.4, -0.2) is 30.6 Å². The van der Waals surface area contributed by atoms with Gasteiger partial charge in [0.05, 0.1) is 13.2 Å². The Bertz CT molecular complexity index is 803. The molecule has 138 valence electrons. The number of hydrogen-bond acceptors (Lipinski definition) is 3. The Hall–Kier alpha value is -2.63. The van der Waals surface area contributed by atoms with Crippen molar-refractivity contribution in [3.8, 4) is 11.5 Å². The van der Waals surface area contributed by atoms with E-state index in [1.165, 1.54) is 11.0 Å². The smallest absolute Gasteiger partial charge is 0.260 e. The molecule has 1 aliphatic heterocycles. The zero-order valence-corrected chi connectivity index (χ0v) is 14.9. The van der Waals surface area contributed by atoms with E-state index in [-0.39, 0.29) is 6.54 Å². The molecule has 0 radical (unpaired) electrons. The number of carbonyl (C=O) groups is 1. The quantitative estimate of drug-likeness (QED) is 0.809. The summed E-state index contributed by atoms with van der Waals surface area (Å²) in [7, 11) is 0. The fraction of sp³-hybridized carbons (Fsp3) is 0.350. The Kier molecular flexibility index (Phi) is 5.40. The average Bonchev–Trinajstić information content (AvgIpc) is 2.62. The van der Waals surface area contributed by atoms with Gasteiger partial charge in [-0.15, -0.1) is 0 Å². The number of hydrogen-bond donors (Lipinski definition) is 0. The molecule has 0 saturated carbocycles. The maximum Gasteiger partial charge on any atom is 0.260 e. The summed E-state index contributed by atoms with van der Waals surface area (Å²) in [6.07, 6.45) is 0.587. The van der Waals surface area contributed by atoms with E-state index >= 15 is 0 Å². The molecule has 0 aliphatic carbocycles. The van der Waals surface area contributed by atoms with Gasteiger partial charge in [-0.1, -0.05) is 6.07 Å². The summed E-state index contributed by atoms with van der Waals surface area (Å²) in [5, 5.41) is 0. The Morgan fingerprint density at radius 3 is 2.19 bits per heavy atom. The van der Waals surface area contributed by atoms with E-state index < -0.39 is 23.1 Å². The number of halogens is 2. The van der Waals surface area contributed by atoms with Gasteiger partial charge >= 0.3 is 0 Å². The average molecular weight is 361 g/mol. The third-order valence-corrected chi connectivity index (χ3v) is 4.34. The summed E-state index contributed by atoms with van der Waals surface area (Å²) in [6, 6.07) is 7.21. The van der Waals surface area contributed by atoms with Crippen LogP contribution in [0.4, 0.5) is 8.78 Å². The molecule has 2 aromatic rings. The van der Waals surface area contributed by atoms with Gasteiger partial charge in [0.2, 0.25) is 0 Å². The highest BCUT2D eigenvalue weighted by Gasteiger charge is 2.27. The molecule has 0 bridgehead atoms. The van der Waals surface area contributed by atoms with Crippen LogP contribution in [0.25, 0.3) is 0 Å². The maximum absolute atomic E-state index is 13.9. The van der Waals surface area contributed by atoms with E-state index in [2.05, 4.69) is 0 Å². The molecule has 4 nitrogen and oxygen atoms in total. The van der Waals surface area contributed by atoms with Crippen LogP contribution in [0.3, 0.4) is 0 Å². The first-order valence-corrected chi connectivity index (χ1v) is 8.69. The molecule has 0 aromatic heterocycles. The van der Waals surface area contributed by atoms with Crippen molar-refractivity contribution in [2.45, 2.75) is 26.8 Å². The molecular weight excluding hydrogens is 340 g/mol. The fourth-order valence-corrected chi connectivity index (χ4v) is 3.13. The van der Waals surface area contributed by atoms with Crippen molar-refractivity contribution < 1.29 is 23.0 Å². The van der Waals surface area contributed by atoms with E-state index in [9.17, 15) is 13.6 Å². The highest BCUT2D eigenvalue weighted by Crippen LogP contribution is 2.34. The van der Waals surface area contributed by atoms with Crippen molar-refractivity contribution in [3.05, 3.63) is 58.7 Å². The van der Waals surface area contributed by atoms with E-state index in [0.29, 0.717) is 37.7 Å². The molecule has 3 rings (SSSR count). The summed E-state index contributed by atoms with van der Waals surface area (Å²) >= 11 is 0. The van der Waals surface area contributed by atoms with Gasteiger partial charge in [-0.3, -0.25) is 4.79 Å². The van der Waals surface area contributed by atoms with Crippen LogP contribution in [0.1, 0.15) is 35.3 Å². The Labute approximate surface area is 151 Å². The summed E-state index contributed by atoms with van der Waals surface area (Å²) in [5.74, 6) is -1.05. The molecule has 0 spiro atoms. The van der Waals surface area contributed by atoms with E-state index in [4.69, 9.17) is 9.47 Å². The van der Waals surface area contributed by atoms with Crippen LogP contribution >= 0.6 is 0 Å². The first-order valence-electron chi connectivity index (χ1n) is 8.69. The first kappa shape index (κ1) is 18.2. The number of amides is 1. The highest BCUT2D eigenvalue weighted by molar-refractivity contribution is 5.95. The predicted octanol–water partition coefficient (Wildman–Crippen LogP) is 3.96. The lowest BCUT2D eigenvalue weighted by Crippen LogP contribution is -2.37. The second-order valence-corrected chi connectivity index (χ2v) is 6.01. The lowest BCUT2D eigenvalue weighted by Gasteiger charge is -2.30. The van der Waals surface area contributed by atoms with Gasteiger partial charge in [-0.25, -0.2) is 8.78 Å². The minimum Gasteiger partial charge on any atom is -0.490 e. The van der Waals surface area contributed by atoms with Crippen molar-refractivity contribution in [1.82, 2.24) is 4.90 Å². The van der Waals surface area contributed by atoms with Crippen LogP contribution in [0, 0.1) is 11.6 Å². The Morgan fingerprint density at radius 1 is 1.04 bits per heavy atom. The summed E-state index contributed by atoms with van der Waals surface area (Å²) in [4.78, 5) is 14.1. The van der Waals surface area contributed by atoms with Crippen molar-refractivity contribution in [3.63, 3.8) is 0 Å². The van der Waals surface area contributed by atoms with Crippen LogP contribution in [0.5, 0.6) is 11.5 Å². The number of ether oxygens (including phenoxy) is 2. The zero-order valence-electron chi connectivity index (χ0n) is 14.9. The van der Waals surface area contributed by atoms with Gasteiger partial charge < -0.3 is 14.4 Å². The summed E-state index contributed by atoms with van der Waals surface area (Å²) < 4.78 is 39.1. The molecule has 6 heteroatoms. The standard InChI is InChI=1S/C20H21F2NO3/c1-3-25-17-10-13-8-9-23(12-14(13)11-18(17)26-4-2)20(24)19-15(21)6-5-7-16(19)22/h5-7,10-11H,3-4,8-9,12H2,1-2H3.